The van der Waals surface area contributed by atoms with Gasteiger partial charge >= 0.3 is 0 Å². The smallest absolute Gasteiger partial charge is 0.254 e. The molecule has 18 heavy (non-hydrogen) atoms. The molecule has 96 valence electrons. The molecule has 0 spiro atoms. The summed E-state index contributed by atoms with van der Waals surface area (Å²) in [6, 6.07) is 2.37. The first-order chi connectivity index (χ1) is 8.60. The van der Waals surface area contributed by atoms with Crippen molar-refractivity contribution in [3.05, 3.63) is 28.0 Å². The number of piperazine rings is 1. The van der Waals surface area contributed by atoms with Crippen LogP contribution < -0.4 is 5.56 Å². The zero-order valence-corrected chi connectivity index (χ0v) is 9.63. The van der Waals surface area contributed by atoms with Crippen molar-refractivity contribution in [3.63, 3.8) is 0 Å². The molecule has 2 rings (SSSR count). The molecule has 0 unspecified atom stereocenters. The van der Waals surface area contributed by atoms with Crippen molar-refractivity contribution in [1.82, 2.24) is 14.8 Å². The molecular weight excluding hydrogens is 238 g/mol. The molecule has 7 heteroatoms. The average Bonchev–Trinajstić information content (AvgIpc) is 2.37. The van der Waals surface area contributed by atoms with Gasteiger partial charge in [-0.15, -0.1) is 0 Å². The maximum absolute atomic E-state index is 12.1. The van der Waals surface area contributed by atoms with E-state index in [1.54, 1.807) is 9.80 Å². The summed E-state index contributed by atoms with van der Waals surface area (Å²) >= 11 is 0. The Morgan fingerprint density at radius 3 is 2.50 bits per heavy atom. The minimum Gasteiger partial charge on any atom is -0.494 e. The van der Waals surface area contributed by atoms with Gasteiger partial charge in [0.15, 0.2) is 5.88 Å². The SMILES string of the molecule is O=CN1CCN(C(=O)c2cc(O)[nH]c(=O)c2)CC1. The number of aromatic hydroxyl groups is 1. The Morgan fingerprint density at radius 2 is 1.94 bits per heavy atom. The molecule has 0 saturated carbocycles. The lowest BCUT2D eigenvalue weighted by Crippen LogP contribution is -2.48. The number of carbonyl (C=O) groups excluding carboxylic acids is 2. The molecule has 2 amide bonds. The number of amides is 2. The summed E-state index contributed by atoms with van der Waals surface area (Å²) in [5.41, 5.74) is -0.374. The number of rotatable bonds is 2. The fourth-order valence-electron chi connectivity index (χ4n) is 1.87. The Hall–Kier alpha value is -2.31. The molecule has 0 aromatic carbocycles. The van der Waals surface area contributed by atoms with Crippen molar-refractivity contribution in [1.29, 1.82) is 0 Å². The molecule has 1 aromatic rings. The highest BCUT2D eigenvalue weighted by molar-refractivity contribution is 5.94. The second-order valence-corrected chi connectivity index (χ2v) is 4.05. The topological polar surface area (TPSA) is 93.7 Å². The molecule has 1 aliphatic rings. The van der Waals surface area contributed by atoms with E-state index < -0.39 is 5.56 Å². The first kappa shape index (κ1) is 12.2. The molecule has 2 heterocycles. The van der Waals surface area contributed by atoms with Gasteiger partial charge in [0.1, 0.15) is 0 Å². The van der Waals surface area contributed by atoms with Crippen LogP contribution in [-0.4, -0.2) is 58.4 Å². The third kappa shape index (κ3) is 2.50. The van der Waals surface area contributed by atoms with Crippen LogP contribution in [0, 0.1) is 0 Å². The summed E-state index contributed by atoms with van der Waals surface area (Å²) in [7, 11) is 0. The number of nitrogens with zero attached hydrogens (tertiary/aromatic N) is 2. The van der Waals surface area contributed by atoms with Crippen LogP contribution in [0.25, 0.3) is 0 Å². The standard InChI is InChI=1S/C11H13N3O4/c15-7-13-1-3-14(4-2-13)11(18)8-5-9(16)12-10(17)6-8/h5-7H,1-4H2,(H2,12,16,17). The minimum atomic E-state index is -0.523. The molecule has 0 aliphatic carbocycles. The summed E-state index contributed by atoms with van der Waals surface area (Å²) in [5, 5.41) is 9.24. The molecule has 7 nitrogen and oxygen atoms in total. The highest BCUT2D eigenvalue weighted by Gasteiger charge is 2.21. The minimum absolute atomic E-state index is 0.149. The van der Waals surface area contributed by atoms with Gasteiger partial charge in [0.05, 0.1) is 5.56 Å². The van der Waals surface area contributed by atoms with Crippen LogP contribution >= 0.6 is 0 Å². The van der Waals surface area contributed by atoms with Gasteiger partial charge in [-0.25, -0.2) is 0 Å². The van der Waals surface area contributed by atoms with Gasteiger partial charge in [0.2, 0.25) is 6.41 Å². The molecule has 1 aromatic heterocycles. The summed E-state index contributed by atoms with van der Waals surface area (Å²) in [6.07, 6.45) is 0.751. The van der Waals surface area contributed by atoms with Gasteiger partial charge in [0, 0.05) is 38.3 Å². The molecule has 1 saturated heterocycles. The van der Waals surface area contributed by atoms with E-state index in [1.807, 2.05) is 0 Å². The van der Waals surface area contributed by atoms with E-state index in [9.17, 15) is 19.5 Å². The second kappa shape index (κ2) is 4.91. The fraction of sp³-hybridized carbons (Fsp3) is 0.364. The quantitative estimate of drug-likeness (QED) is 0.659. The number of hydrogen-bond donors (Lipinski definition) is 2. The number of hydrogen-bond acceptors (Lipinski definition) is 4. The van der Waals surface area contributed by atoms with Gasteiger partial charge in [-0.2, -0.15) is 0 Å². The molecule has 1 fully saturated rings. The number of pyridine rings is 1. The first-order valence-corrected chi connectivity index (χ1v) is 5.52. The van der Waals surface area contributed by atoms with Crippen LogP contribution in [0.4, 0.5) is 0 Å². The maximum atomic E-state index is 12.1. The summed E-state index contributed by atoms with van der Waals surface area (Å²) in [6.45, 7) is 1.80. The van der Waals surface area contributed by atoms with E-state index in [0.717, 1.165) is 12.5 Å². The van der Waals surface area contributed by atoms with Crippen molar-refractivity contribution >= 4 is 12.3 Å². The first-order valence-electron chi connectivity index (χ1n) is 5.52. The second-order valence-electron chi connectivity index (χ2n) is 4.05. The lowest BCUT2D eigenvalue weighted by molar-refractivity contribution is -0.119. The summed E-state index contributed by atoms with van der Waals surface area (Å²) in [4.78, 5) is 39.0. The Bertz CT molecular complexity index is 517. The van der Waals surface area contributed by atoms with Gasteiger partial charge in [-0.1, -0.05) is 0 Å². The molecule has 0 radical (unpaired) electrons. The fourth-order valence-corrected chi connectivity index (χ4v) is 1.87. The van der Waals surface area contributed by atoms with Crippen LogP contribution in [-0.2, 0) is 4.79 Å². The molecule has 1 aliphatic heterocycles. The van der Waals surface area contributed by atoms with Crippen LogP contribution in [0.15, 0.2) is 16.9 Å². The molecule has 2 N–H and O–H groups in total. The van der Waals surface area contributed by atoms with Crippen LogP contribution in [0.3, 0.4) is 0 Å². The number of nitrogens with one attached hydrogen (secondary N) is 1. The summed E-state index contributed by atoms with van der Waals surface area (Å²) in [5.74, 6) is -0.653. The van der Waals surface area contributed by atoms with Crippen molar-refractivity contribution in [3.8, 4) is 5.88 Å². The lowest BCUT2D eigenvalue weighted by Gasteiger charge is -2.32. The van der Waals surface area contributed by atoms with Gasteiger partial charge in [-0.3, -0.25) is 19.4 Å². The lowest BCUT2D eigenvalue weighted by atomic mass is 10.2. The number of carbonyl (C=O) groups is 2. The number of aromatic amines is 1. The van der Waals surface area contributed by atoms with Crippen molar-refractivity contribution < 1.29 is 14.7 Å². The van der Waals surface area contributed by atoms with Crippen molar-refractivity contribution in [2.24, 2.45) is 0 Å². The Kier molecular flexibility index (Phi) is 3.31. The molecule has 0 atom stereocenters. The Morgan fingerprint density at radius 1 is 1.28 bits per heavy atom. The van der Waals surface area contributed by atoms with E-state index >= 15 is 0 Å². The van der Waals surface area contributed by atoms with E-state index in [4.69, 9.17) is 0 Å². The summed E-state index contributed by atoms with van der Waals surface area (Å²) < 4.78 is 0. The highest BCUT2D eigenvalue weighted by atomic mass is 16.3. The van der Waals surface area contributed by atoms with Gasteiger partial charge in [-0.05, 0) is 0 Å². The van der Waals surface area contributed by atoms with E-state index in [0.29, 0.717) is 26.2 Å². The predicted octanol–water partition coefficient (Wildman–Crippen LogP) is -1.01. The van der Waals surface area contributed by atoms with E-state index in [-0.39, 0.29) is 17.4 Å². The third-order valence-corrected chi connectivity index (χ3v) is 2.83. The molecular formula is C11H13N3O4. The Balaban J connectivity index is 2.12. The normalized spacial score (nSPS) is 15.6. The average molecular weight is 251 g/mol. The zero-order valence-electron chi connectivity index (χ0n) is 9.63. The van der Waals surface area contributed by atoms with Gasteiger partial charge in [0.25, 0.3) is 11.5 Å². The van der Waals surface area contributed by atoms with E-state index in [2.05, 4.69) is 4.98 Å². The third-order valence-electron chi connectivity index (χ3n) is 2.83. The Labute approximate surface area is 103 Å². The van der Waals surface area contributed by atoms with Crippen LogP contribution in [0.5, 0.6) is 5.88 Å². The largest absolute Gasteiger partial charge is 0.494 e. The highest BCUT2D eigenvalue weighted by Crippen LogP contribution is 2.09. The molecule has 0 bridgehead atoms. The number of aromatic nitrogens is 1. The van der Waals surface area contributed by atoms with Gasteiger partial charge < -0.3 is 14.9 Å². The van der Waals surface area contributed by atoms with Crippen LogP contribution in [0.1, 0.15) is 10.4 Å². The zero-order chi connectivity index (χ0) is 13.1. The predicted molar refractivity (Wildman–Crippen MR) is 62.3 cm³/mol. The van der Waals surface area contributed by atoms with Crippen molar-refractivity contribution in [2.75, 3.05) is 26.2 Å². The van der Waals surface area contributed by atoms with E-state index in [1.165, 1.54) is 6.07 Å². The maximum Gasteiger partial charge on any atom is 0.254 e. The monoisotopic (exact) mass is 251 g/mol. The van der Waals surface area contributed by atoms with Crippen molar-refractivity contribution in [2.45, 2.75) is 0 Å². The number of H-pyrrole nitrogens is 1. The van der Waals surface area contributed by atoms with Crippen LogP contribution in [0.2, 0.25) is 0 Å².